The van der Waals surface area contributed by atoms with E-state index in [1.54, 1.807) is 25.4 Å². The van der Waals surface area contributed by atoms with Crippen molar-refractivity contribution in [2.75, 3.05) is 37.6 Å². The molecule has 10 nitrogen and oxygen atoms in total. The molecule has 5 aromatic rings. The summed E-state index contributed by atoms with van der Waals surface area (Å²) in [6, 6.07) is 25.6. The predicted molar refractivity (Wildman–Crippen MR) is 202 cm³/mol. The highest BCUT2D eigenvalue weighted by molar-refractivity contribution is 7.92. The molecular weight excluding hydrogens is 653 g/mol. The number of nitrogens with zero attached hydrogens (tertiary/aromatic N) is 1. The van der Waals surface area contributed by atoms with Crippen LogP contribution in [-0.4, -0.2) is 47.0 Å². The summed E-state index contributed by atoms with van der Waals surface area (Å²) >= 11 is 0. The SMILES string of the molecule is CNC(=O)Nc1cc(C(C)(C)C)cc(NS(C)(=O)=O)c1OC.COc1cc(Cc2cc(Oc3ccc(C)c4ccccc34)ccn2)ccc1C. The molecule has 0 aliphatic carbocycles. The number of aryl methyl sites for hydroxylation is 2. The number of fused-ring (bicyclic) bond motifs is 1. The van der Waals surface area contributed by atoms with Crippen LogP contribution in [0.2, 0.25) is 0 Å². The molecule has 4 aromatic carbocycles. The Kier molecular flexibility index (Phi) is 12.0. The fourth-order valence-electron chi connectivity index (χ4n) is 5.27. The fourth-order valence-corrected chi connectivity index (χ4v) is 5.82. The van der Waals surface area contributed by atoms with Crippen molar-refractivity contribution in [2.24, 2.45) is 0 Å². The molecule has 0 unspecified atom stereocenters. The number of amides is 2. The van der Waals surface area contributed by atoms with Crippen LogP contribution in [-0.2, 0) is 21.9 Å². The molecule has 2 amide bonds. The molecule has 5 rings (SSSR count). The van der Waals surface area contributed by atoms with Gasteiger partial charge in [-0.05, 0) is 77.2 Å². The number of ether oxygens (including phenoxy) is 3. The van der Waals surface area contributed by atoms with Crippen LogP contribution in [0, 0.1) is 13.8 Å². The van der Waals surface area contributed by atoms with E-state index >= 15 is 0 Å². The van der Waals surface area contributed by atoms with Gasteiger partial charge in [0, 0.05) is 36.8 Å². The molecule has 0 fully saturated rings. The number of pyridine rings is 1. The standard InChI is InChI=1S/C25H23NO2.C14H23N3O4S/c1-17-9-11-24(23-7-5-4-6-22(17)23)28-21-12-13-26-20(16-21)14-19-10-8-18(2)25(15-19)27-3;1-14(2,3)9-7-10(16-13(18)15-4)12(21-5)11(8-9)17-22(6,19)20/h4-13,15-16H,14H2,1-3H3;7-8,17H,1-6H3,(H2,15,16,18). The van der Waals surface area contributed by atoms with E-state index in [1.165, 1.54) is 25.1 Å². The summed E-state index contributed by atoms with van der Waals surface area (Å²) < 4.78 is 42.4. The number of methoxy groups -OCH3 is 2. The van der Waals surface area contributed by atoms with Gasteiger partial charge in [-0.3, -0.25) is 9.71 Å². The average molecular weight is 699 g/mol. The van der Waals surface area contributed by atoms with Crippen LogP contribution in [0.5, 0.6) is 23.0 Å². The van der Waals surface area contributed by atoms with Gasteiger partial charge in [0.15, 0.2) is 5.75 Å². The van der Waals surface area contributed by atoms with Gasteiger partial charge < -0.3 is 24.8 Å². The van der Waals surface area contributed by atoms with Crippen LogP contribution in [0.3, 0.4) is 0 Å². The van der Waals surface area contributed by atoms with Crippen molar-refractivity contribution < 1.29 is 27.4 Å². The third-order valence-electron chi connectivity index (χ3n) is 7.91. The molecule has 1 heterocycles. The largest absolute Gasteiger partial charge is 0.496 e. The Morgan fingerprint density at radius 2 is 1.50 bits per heavy atom. The van der Waals surface area contributed by atoms with E-state index in [-0.39, 0.29) is 16.9 Å². The first-order chi connectivity index (χ1) is 23.6. The molecule has 11 heteroatoms. The monoisotopic (exact) mass is 698 g/mol. The number of hydrogen-bond donors (Lipinski definition) is 3. The van der Waals surface area contributed by atoms with Crippen LogP contribution < -0.4 is 29.6 Å². The average Bonchev–Trinajstić information content (AvgIpc) is 3.06. The lowest BCUT2D eigenvalue weighted by Gasteiger charge is -2.23. The molecule has 264 valence electrons. The number of sulfonamides is 1. The van der Waals surface area contributed by atoms with E-state index in [1.807, 2.05) is 52.0 Å². The molecule has 50 heavy (non-hydrogen) atoms. The van der Waals surface area contributed by atoms with E-state index in [0.717, 1.165) is 57.7 Å². The number of nitrogens with one attached hydrogen (secondary N) is 3. The Morgan fingerprint density at radius 1 is 0.820 bits per heavy atom. The Labute approximate surface area is 295 Å². The molecule has 3 N–H and O–H groups in total. The molecule has 0 aliphatic heterocycles. The zero-order valence-corrected chi connectivity index (χ0v) is 30.9. The first-order valence-electron chi connectivity index (χ1n) is 16.1. The number of aromatic nitrogens is 1. The molecular formula is C39H46N4O6S. The Bertz CT molecular complexity index is 2090. The van der Waals surface area contributed by atoms with Crippen LogP contribution in [0.1, 0.15) is 48.7 Å². The number of urea groups is 1. The topological polar surface area (TPSA) is 128 Å². The highest BCUT2D eigenvalue weighted by Crippen LogP contribution is 2.39. The van der Waals surface area contributed by atoms with Crippen LogP contribution in [0.4, 0.5) is 16.2 Å². The summed E-state index contributed by atoms with van der Waals surface area (Å²) in [5, 5.41) is 7.41. The maximum atomic E-state index is 11.6. The number of rotatable bonds is 9. The second-order valence-electron chi connectivity index (χ2n) is 12.9. The van der Waals surface area contributed by atoms with Gasteiger partial charge in [0.05, 0.1) is 31.9 Å². The lowest BCUT2D eigenvalue weighted by Crippen LogP contribution is -2.25. The number of carbonyl (C=O) groups is 1. The highest BCUT2D eigenvalue weighted by Gasteiger charge is 2.22. The maximum Gasteiger partial charge on any atom is 0.319 e. The van der Waals surface area contributed by atoms with Gasteiger partial charge in [-0.15, -0.1) is 0 Å². The zero-order chi connectivity index (χ0) is 36.6. The Hall–Kier alpha value is -5.29. The minimum atomic E-state index is -3.48. The van der Waals surface area contributed by atoms with Crippen LogP contribution in [0.25, 0.3) is 10.8 Å². The smallest absolute Gasteiger partial charge is 0.319 e. The first kappa shape index (κ1) is 37.5. The van der Waals surface area contributed by atoms with E-state index in [2.05, 4.69) is 69.7 Å². The van der Waals surface area contributed by atoms with Crippen molar-refractivity contribution in [3.8, 4) is 23.0 Å². The number of benzene rings is 4. The first-order valence-corrected chi connectivity index (χ1v) is 17.9. The van der Waals surface area contributed by atoms with Crippen LogP contribution >= 0.6 is 0 Å². The lowest BCUT2D eigenvalue weighted by atomic mass is 9.86. The Balaban J connectivity index is 0.000000233. The summed E-state index contributed by atoms with van der Waals surface area (Å²) in [4.78, 5) is 16.1. The highest BCUT2D eigenvalue weighted by atomic mass is 32.2. The second-order valence-corrected chi connectivity index (χ2v) is 14.7. The number of carbonyl (C=O) groups excluding carboxylic acids is 1. The van der Waals surface area contributed by atoms with Gasteiger partial charge in [0.2, 0.25) is 10.0 Å². The van der Waals surface area contributed by atoms with Gasteiger partial charge in [-0.1, -0.05) is 63.2 Å². The fraction of sp³-hybridized carbons (Fsp3) is 0.282. The molecule has 0 aliphatic rings. The predicted octanol–water partition coefficient (Wildman–Crippen LogP) is 8.36. The van der Waals surface area contributed by atoms with Gasteiger partial charge in [0.25, 0.3) is 0 Å². The van der Waals surface area contributed by atoms with Crippen molar-refractivity contribution in [3.63, 3.8) is 0 Å². The van der Waals surface area contributed by atoms with Crippen LogP contribution in [0.15, 0.2) is 85.1 Å². The van der Waals surface area contributed by atoms with E-state index in [9.17, 15) is 13.2 Å². The third-order valence-corrected chi connectivity index (χ3v) is 8.50. The van der Waals surface area contributed by atoms with Crippen molar-refractivity contribution in [1.82, 2.24) is 10.3 Å². The molecule has 0 saturated heterocycles. The maximum absolute atomic E-state index is 11.6. The third kappa shape index (κ3) is 9.88. The van der Waals surface area contributed by atoms with Gasteiger partial charge in [-0.25, -0.2) is 13.2 Å². The zero-order valence-electron chi connectivity index (χ0n) is 30.1. The summed E-state index contributed by atoms with van der Waals surface area (Å²) in [6.45, 7) is 10.1. The molecule has 1 aromatic heterocycles. The molecule has 0 bridgehead atoms. The van der Waals surface area contributed by atoms with E-state index in [0.29, 0.717) is 5.69 Å². The molecule has 0 atom stereocenters. The van der Waals surface area contributed by atoms with Gasteiger partial charge >= 0.3 is 6.03 Å². The van der Waals surface area contributed by atoms with Crippen molar-refractivity contribution >= 4 is 38.2 Å². The number of hydrogen-bond acceptors (Lipinski definition) is 7. The summed E-state index contributed by atoms with van der Waals surface area (Å²) in [6.07, 6.45) is 3.58. The molecule has 0 saturated carbocycles. The number of anilines is 2. The summed E-state index contributed by atoms with van der Waals surface area (Å²) in [5.74, 6) is 2.80. The minimum Gasteiger partial charge on any atom is -0.496 e. The van der Waals surface area contributed by atoms with Crippen molar-refractivity contribution in [3.05, 3.63) is 113 Å². The summed E-state index contributed by atoms with van der Waals surface area (Å²) in [7, 11) is 1.12. The molecule has 0 spiro atoms. The van der Waals surface area contributed by atoms with Crippen molar-refractivity contribution in [1.29, 1.82) is 0 Å². The minimum absolute atomic E-state index is 0.237. The Morgan fingerprint density at radius 3 is 2.14 bits per heavy atom. The van der Waals surface area contributed by atoms with Gasteiger partial charge in [-0.2, -0.15) is 0 Å². The van der Waals surface area contributed by atoms with E-state index < -0.39 is 16.1 Å². The molecule has 0 radical (unpaired) electrons. The van der Waals surface area contributed by atoms with E-state index in [4.69, 9.17) is 14.2 Å². The second kappa shape index (κ2) is 15.9. The lowest BCUT2D eigenvalue weighted by molar-refractivity contribution is 0.254. The van der Waals surface area contributed by atoms with Crippen molar-refractivity contribution in [2.45, 2.75) is 46.5 Å². The normalized spacial score (nSPS) is 11.2. The summed E-state index contributed by atoms with van der Waals surface area (Å²) in [5.41, 5.74) is 5.77. The quantitative estimate of drug-likeness (QED) is 0.141. The van der Waals surface area contributed by atoms with Gasteiger partial charge in [0.1, 0.15) is 17.2 Å².